The fourth-order valence-electron chi connectivity index (χ4n) is 3.72. The zero-order valence-corrected chi connectivity index (χ0v) is 17.8. The molecular weight excluding hydrogens is 416 g/mol. The number of aromatic amines is 1. The number of fused-ring (bicyclic) bond motifs is 1. The molecule has 0 aliphatic carbocycles. The lowest BCUT2D eigenvalue weighted by Gasteiger charge is -2.27. The van der Waals surface area contributed by atoms with Crippen molar-refractivity contribution in [2.24, 2.45) is 0 Å². The van der Waals surface area contributed by atoms with E-state index < -0.39 is 23.9 Å². The molecule has 0 radical (unpaired) electrons. The molecule has 2 N–H and O–H groups in total. The Hall–Kier alpha value is -3.75. The smallest absolute Gasteiger partial charge is 0.321 e. The molecule has 0 aliphatic rings. The van der Waals surface area contributed by atoms with Crippen LogP contribution < -0.4 is 10.1 Å². The Balaban J connectivity index is 1.76. The summed E-state index contributed by atoms with van der Waals surface area (Å²) < 4.78 is 34.1. The highest BCUT2D eigenvalue weighted by molar-refractivity contribution is 5.85. The molecule has 32 heavy (non-hydrogen) atoms. The lowest BCUT2D eigenvalue weighted by molar-refractivity contribution is -0.143. The van der Waals surface area contributed by atoms with Crippen molar-refractivity contribution < 1.29 is 18.3 Å². The van der Waals surface area contributed by atoms with E-state index >= 15 is 0 Å². The largest absolute Gasteiger partial charge is 0.497 e. The SMILES string of the molecule is COc1ccc([C@@H]([C@H](C)NC(=O)C(C)(F)F)n2ncc3cc(-c4cn[nH]c4)ccc32)cc1. The number of benzene rings is 2. The lowest BCUT2D eigenvalue weighted by Crippen LogP contribution is -2.46. The van der Waals surface area contributed by atoms with E-state index in [2.05, 4.69) is 20.6 Å². The molecule has 0 aliphatic heterocycles. The number of carbonyl (C=O) groups excluding carboxylic acids is 1. The minimum absolute atomic E-state index is 0.524. The van der Waals surface area contributed by atoms with Gasteiger partial charge in [-0.3, -0.25) is 14.6 Å². The number of aromatic nitrogens is 4. The Bertz CT molecular complexity index is 1210. The van der Waals surface area contributed by atoms with Gasteiger partial charge >= 0.3 is 5.92 Å². The van der Waals surface area contributed by atoms with E-state index in [1.54, 1.807) is 49.4 Å². The average molecular weight is 439 g/mol. The normalized spacial score (nSPS) is 13.7. The Morgan fingerprint density at radius 3 is 2.53 bits per heavy atom. The van der Waals surface area contributed by atoms with Crippen molar-refractivity contribution in [2.45, 2.75) is 31.9 Å². The van der Waals surface area contributed by atoms with Crippen molar-refractivity contribution >= 4 is 16.8 Å². The second-order valence-electron chi connectivity index (χ2n) is 7.72. The van der Waals surface area contributed by atoms with Gasteiger partial charge in [0.05, 0.1) is 37.1 Å². The second-order valence-corrected chi connectivity index (χ2v) is 7.72. The maximum Gasteiger partial charge on any atom is 0.321 e. The van der Waals surface area contributed by atoms with E-state index in [1.807, 2.05) is 30.3 Å². The summed E-state index contributed by atoms with van der Waals surface area (Å²) in [5, 5.41) is 14.6. The highest BCUT2D eigenvalue weighted by Crippen LogP contribution is 2.30. The van der Waals surface area contributed by atoms with E-state index in [1.165, 1.54) is 0 Å². The maximum absolute atomic E-state index is 13.6. The van der Waals surface area contributed by atoms with Crippen LogP contribution in [-0.4, -0.2) is 45.0 Å². The molecule has 9 heteroatoms. The van der Waals surface area contributed by atoms with E-state index in [0.717, 1.165) is 27.6 Å². The number of alkyl halides is 2. The number of halogens is 2. The summed E-state index contributed by atoms with van der Waals surface area (Å²) in [6, 6.07) is 11.9. The van der Waals surface area contributed by atoms with Gasteiger partial charge in [-0.05, 0) is 42.3 Å². The first-order valence-corrected chi connectivity index (χ1v) is 10.1. The molecule has 0 saturated heterocycles. The number of methoxy groups -OCH3 is 1. The molecule has 0 unspecified atom stereocenters. The fraction of sp³-hybridized carbons (Fsp3) is 0.261. The number of nitrogens with one attached hydrogen (secondary N) is 2. The van der Waals surface area contributed by atoms with Crippen molar-refractivity contribution in [3.8, 4) is 16.9 Å². The molecule has 0 fully saturated rings. The molecule has 2 aromatic heterocycles. The number of carbonyl (C=O) groups is 1. The number of ether oxygens (including phenoxy) is 1. The van der Waals surface area contributed by atoms with Gasteiger partial charge in [0.2, 0.25) is 0 Å². The average Bonchev–Trinajstić information content (AvgIpc) is 3.44. The number of H-pyrrole nitrogens is 1. The molecule has 2 aromatic carbocycles. The topological polar surface area (TPSA) is 84.8 Å². The van der Waals surface area contributed by atoms with Gasteiger partial charge in [0.15, 0.2) is 0 Å². The van der Waals surface area contributed by atoms with Gasteiger partial charge < -0.3 is 10.1 Å². The molecule has 1 amide bonds. The van der Waals surface area contributed by atoms with Gasteiger partial charge in [0.1, 0.15) is 5.75 Å². The Morgan fingerprint density at radius 2 is 1.91 bits per heavy atom. The third-order valence-electron chi connectivity index (χ3n) is 5.38. The van der Waals surface area contributed by atoms with Crippen molar-refractivity contribution in [3.63, 3.8) is 0 Å². The summed E-state index contributed by atoms with van der Waals surface area (Å²) in [6.45, 7) is 2.27. The molecular formula is C23H23F2N5O2. The van der Waals surface area contributed by atoms with E-state index in [-0.39, 0.29) is 0 Å². The number of hydrogen-bond acceptors (Lipinski definition) is 4. The van der Waals surface area contributed by atoms with E-state index in [0.29, 0.717) is 12.7 Å². The van der Waals surface area contributed by atoms with Gasteiger partial charge in [-0.15, -0.1) is 0 Å². The van der Waals surface area contributed by atoms with Crippen molar-refractivity contribution in [1.29, 1.82) is 0 Å². The summed E-state index contributed by atoms with van der Waals surface area (Å²) in [5.74, 6) is -4.15. The van der Waals surface area contributed by atoms with Gasteiger partial charge in [-0.2, -0.15) is 19.0 Å². The third kappa shape index (κ3) is 4.18. The Labute approximate surface area is 183 Å². The summed E-state index contributed by atoms with van der Waals surface area (Å²) in [5.41, 5.74) is 3.51. The van der Waals surface area contributed by atoms with Crippen LogP contribution in [0.15, 0.2) is 61.1 Å². The number of amides is 1. The van der Waals surface area contributed by atoms with Gasteiger partial charge in [0, 0.05) is 24.1 Å². The highest BCUT2D eigenvalue weighted by Gasteiger charge is 2.35. The van der Waals surface area contributed by atoms with Gasteiger partial charge in [-0.25, -0.2) is 0 Å². The predicted molar refractivity (Wildman–Crippen MR) is 117 cm³/mol. The van der Waals surface area contributed by atoms with Crippen LogP contribution in [0.1, 0.15) is 25.5 Å². The van der Waals surface area contributed by atoms with Crippen LogP contribution in [-0.2, 0) is 4.79 Å². The number of rotatable bonds is 7. The monoisotopic (exact) mass is 439 g/mol. The van der Waals surface area contributed by atoms with Crippen molar-refractivity contribution in [1.82, 2.24) is 25.3 Å². The molecule has 4 rings (SSSR count). The molecule has 166 valence electrons. The summed E-state index contributed by atoms with van der Waals surface area (Å²) in [6.07, 6.45) is 5.25. The van der Waals surface area contributed by atoms with Crippen LogP contribution in [0.25, 0.3) is 22.0 Å². The zero-order valence-electron chi connectivity index (χ0n) is 17.8. The second kappa shape index (κ2) is 8.41. The molecule has 0 spiro atoms. The molecule has 7 nitrogen and oxygen atoms in total. The standard InChI is InChI=1S/C23H23F2N5O2/c1-14(29-22(31)23(2,24)25)21(15-4-7-19(32-3)8-5-15)30-20-9-6-16(10-17(20)13-28-30)18-11-26-27-12-18/h4-14,21H,1-3H3,(H,26,27)(H,29,31)/t14-,21+/m0/s1. The first-order chi connectivity index (χ1) is 15.3. The van der Waals surface area contributed by atoms with Crippen LogP contribution in [0, 0.1) is 0 Å². The first kappa shape index (κ1) is 21.5. The number of nitrogens with zero attached hydrogens (tertiary/aromatic N) is 3. The zero-order chi connectivity index (χ0) is 22.9. The quantitative estimate of drug-likeness (QED) is 0.452. The van der Waals surface area contributed by atoms with Crippen LogP contribution in [0.4, 0.5) is 8.78 Å². The molecule has 4 aromatic rings. The first-order valence-electron chi connectivity index (χ1n) is 10.1. The van der Waals surface area contributed by atoms with E-state index in [4.69, 9.17) is 4.74 Å². The minimum atomic E-state index is -3.48. The molecule has 2 heterocycles. The van der Waals surface area contributed by atoms with E-state index in [9.17, 15) is 13.6 Å². The minimum Gasteiger partial charge on any atom is -0.497 e. The van der Waals surface area contributed by atoms with Crippen molar-refractivity contribution in [2.75, 3.05) is 7.11 Å². The van der Waals surface area contributed by atoms with Gasteiger partial charge in [0.25, 0.3) is 5.91 Å². The summed E-state index contributed by atoms with van der Waals surface area (Å²) in [4.78, 5) is 12.0. The maximum atomic E-state index is 13.6. The Morgan fingerprint density at radius 1 is 1.16 bits per heavy atom. The lowest BCUT2D eigenvalue weighted by atomic mass is 9.99. The highest BCUT2D eigenvalue weighted by atomic mass is 19.3. The van der Waals surface area contributed by atoms with Crippen LogP contribution in [0.2, 0.25) is 0 Å². The summed E-state index contributed by atoms with van der Waals surface area (Å²) in [7, 11) is 1.57. The summed E-state index contributed by atoms with van der Waals surface area (Å²) >= 11 is 0. The molecule has 0 bridgehead atoms. The molecule has 0 saturated carbocycles. The fourth-order valence-corrected chi connectivity index (χ4v) is 3.72. The van der Waals surface area contributed by atoms with Gasteiger partial charge in [-0.1, -0.05) is 18.2 Å². The van der Waals surface area contributed by atoms with Crippen LogP contribution in [0.3, 0.4) is 0 Å². The molecule has 2 atom stereocenters. The Kier molecular flexibility index (Phi) is 5.65. The van der Waals surface area contributed by atoms with Crippen LogP contribution in [0.5, 0.6) is 5.75 Å². The van der Waals surface area contributed by atoms with Crippen molar-refractivity contribution in [3.05, 3.63) is 66.6 Å². The predicted octanol–water partition coefficient (Wildman–Crippen LogP) is 4.18. The third-order valence-corrected chi connectivity index (χ3v) is 5.38. The number of hydrogen-bond donors (Lipinski definition) is 2. The van der Waals surface area contributed by atoms with Crippen LogP contribution >= 0.6 is 0 Å².